The minimum atomic E-state index is -0.183. The maximum absolute atomic E-state index is 13.1. The van der Waals surface area contributed by atoms with Crippen LogP contribution in [0.4, 0.5) is 16.2 Å². The van der Waals surface area contributed by atoms with Crippen LogP contribution in [-0.4, -0.2) is 15.4 Å². The molecule has 0 unspecified atom stereocenters. The van der Waals surface area contributed by atoms with E-state index in [0.717, 1.165) is 28.3 Å². The van der Waals surface area contributed by atoms with Crippen molar-refractivity contribution >= 4 is 23.1 Å². The van der Waals surface area contributed by atoms with Crippen LogP contribution < -0.4 is 10.2 Å². The number of nitrogens with one attached hydrogen (secondary N) is 1. The summed E-state index contributed by atoms with van der Waals surface area (Å²) >= 11 is 0. The predicted molar refractivity (Wildman–Crippen MR) is 108 cm³/mol. The number of imidazole rings is 1. The number of hydrogen-bond acceptors (Lipinski definition) is 2. The first-order valence-corrected chi connectivity index (χ1v) is 8.82. The Kier molecular flexibility index (Phi) is 4.58. The number of fused-ring (bicyclic) bond motifs is 1. The van der Waals surface area contributed by atoms with E-state index in [1.165, 1.54) is 0 Å². The molecule has 0 saturated heterocycles. The molecule has 0 spiro atoms. The highest BCUT2D eigenvalue weighted by molar-refractivity contribution is 6.01. The van der Waals surface area contributed by atoms with Crippen LogP contribution in [-0.2, 0) is 6.54 Å². The van der Waals surface area contributed by atoms with Gasteiger partial charge in [0.25, 0.3) is 0 Å². The first-order chi connectivity index (χ1) is 13.2. The molecular weight excluding hydrogens is 336 g/mol. The van der Waals surface area contributed by atoms with Crippen LogP contribution in [0.15, 0.2) is 85.2 Å². The molecular formula is C22H20N4O. The van der Waals surface area contributed by atoms with E-state index in [1.807, 2.05) is 96.5 Å². The van der Waals surface area contributed by atoms with Crippen LogP contribution in [0.1, 0.15) is 11.3 Å². The summed E-state index contributed by atoms with van der Waals surface area (Å²) in [5, 5.41) is 3.00. The maximum atomic E-state index is 13.1. The monoisotopic (exact) mass is 356 g/mol. The number of anilines is 2. The van der Waals surface area contributed by atoms with E-state index in [9.17, 15) is 4.79 Å². The largest absolute Gasteiger partial charge is 0.326 e. The Hall–Kier alpha value is -3.60. The Morgan fingerprint density at radius 1 is 1.04 bits per heavy atom. The normalized spacial score (nSPS) is 10.7. The number of pyridine rings is 1. The van der Waals surface area contributed by atoms with Gasteiger partial charge in [-0.3, -0.25) is 4.90 Å². The number of amides is 2. The number of rotatable bonds is 4. The average molecular weight is 356 g/mol. The Bertz CT molecular complexity index is 1070. The van der Waals surface area contributed by atoms with Crippen molar-refractivity contribution in [3.63, 3.8) is 0 Å². The fourth-order valence-corrected chi connectivity index (χ4v) is 3.07. The SMILES string of the molecule is Cc1cccc(NC(=O)N(Cc2cnc3ccccn23)c2ccccc2)c1. The van der Waals surface area contributed by atoms with Crippen molar-refractivity contribution in [1.29, 1.82) is 0 Å². The van der Waals surface area contributed by atoms with Gasteiger partial charge >= 0.3 is 6.03 Å². The lowest BCUT2D eigenvalue weighted by Gasteiger charge is -2.23. The molecule has 0 aliphatic carbocycles. The zero-order valence-corrected chi connectivity index (χ0v) is 15.0. The maximum Gasteiger partial charge on any atom is 0.326 e. The van der Waals surface area contributed by atoms with Gasteiger partial charge in [0.1, 0.15) is 5.65 Å². The summed E-state index contributed by atoms with van der Waals surface area (Å²) < 4.78 is 2.00. The Morgan fingerprint density at radius 2 is 1.85 bits per heavy atom. The molecule has 0 saturated carbocycles. The Labute approximate surface area is 157 Å². The van der Waals surface area contributed by atoms with Crippen molar-refractivity contribution in [2.45, 2.75) is 13.5 Å². The van der Waals surface area contributed by atoms with Gasteiger partial charge < -0.3 is 9.72 Å². The van der Waals surface area contributed by atoms with Crippen LogP contribution >= 0.6 is 0 Å². The lowest BCUT2D eigenvalue weighted by Crippen LogP contribution is -2.34. The van der Waals surface area contributed by atoms with Crippen molar-refractivity contribution in [2.24, 2.45) is 0 Å². The quantitative estimate of drug-likeness (QED) is 0.566. The van der Waals surface area contributed by atoms with Crippen LogP contribution in [0.3, 0.4) is 0 Å². The standard InChI is InChI=1S/C22H20N4O/c1-17-8-7-9-18(14-17)24-22(27)26(19-10-3-2-4-11-19)16-20-15-23-21-12-5-6-13-25(20)21/h2-15H,16H2,1H3,(H,24,27). The van der Waals surface area contributed by atoms with E-state index < -0.39 is 0 Å². The number of benzene rings is 2. The second-order valence-corrected chi connectivity index (χ2v) is 6.40. The lowest BCUT2D eigenvalue weighted by molar-refractivity contribution is 0.256. The average Bonchev–Trinajstić information content (AvgIpc) is 3.10. The van der Waals surface area contributed by atoms with E-state index in [1.54, 1.807) is 4.90 Å². The molecule has 134 valence electrons. The molecule has 27 heavy (non-hydrogen) atoms. The van der Waals surface area contributed by atoms with Crippen molar-refractivity contribution in [3.8, 4) is 0 Å². The molecule has 0 radical (unpaired) electrons. The highest BCUT2D eigenvalue weighted by atomic mass is 16.2. The summed E-state index contributed by atoms with van der Waals surface area (Å²) in [6, 6.07) is 23.1. The fourth-order valence-electron chi connectivity index (χ4n) is 3.07. The molecule has 2 aromatic carbocycles. The number of nitrogens with zero attached hydrogens (tertiary/aromatic N) is 3. The Morgan fingerprint density at radius 3 is 2.67 bits per heavy atom. The third-order valence-corrected chi connectivity index (χ3v) is 4.40. The number of para-hydroxylation sites is 1. The minimum Gasteiger partial charge on any atom is -0.308 e. The zero-order chi connectivity index (χ0) is 18.6. The van der Waals surface area contributed by atoms with Crippen LogP contribution in [0.2, 0.25) is 0 Å². The van der Waals surface area contributed by atoms with Crippen LogP contribution in [0.5, 0.6) is 0 Å². The topological polar surface area (TPSA) is 49.6 Å². The second kappa shape index (κ2) is 7.33. The molecule has 4 rings (SSSR count). The first kappa shape index (κ1) is 16.8. The summed E-state index contributed by atoms with van der Waals surface area (Å²) in [6.07, 6.45) is 3.77. The minimum absolute atomic E-state index is 0.183. The molecule has 5 heteroatoms. The number of aryl methyl sites for hydroxylation is 1. The highest BCUT2D eigenvalue weighted by Gasteiger charge is 2.18. The van der Waals surface area contributed by atoms with Crippen molar-refractivity contribution in [3.05, 3.63) is 96.4 Å². The Balaban J connectivity index is 1.66. The van der Waals surface area contributed by atoms with Gasteiger partial charge in [-0.25, -0.2) is 9.78 Å². The summed E-state index contributed by atoms with van der Waals surface area (Å²) in [7, 11) is 0. The number of carbonyl (C=O) groups excluding carboxylic acids is 1. The highest BCUT2D eigenvalue weighted by Crippen LogP contribution is 2.20. The molecule has 0 aliphatic rings. The van der Waals surface area contributed by atoms with Gasteiger partial charge in [0.05, 0.1) is 18.4 Å². The number of hydrogen-bond donors (Lipinski definition) is 1. The fraction of sp³-hybridized carbons (Fsp3) is 0.0909. The molecule has 4 aromatic rings. The third-order valence-electron chi connectivity index (χ3n) is 4.40. The van der Waals surface area contributed by atoms with Gasteiger partial charge in [-0.1, -0.05) is 36.4 Å². The van der Waals surface area contributed by atoms with Crippen molar-refractivity contribution in [2.75, 3.05) is 10.2 Å². The van der Waals surface area contributed by atoms with Crippen molar-refractivity contribution < 1.29 is 4.79 Å². The van der Waals surface area contributed by atoms with E-state index >= 15 is 0 Å². The van der Waals surface area contributed by atoms with Gasteiger partial charge in [-0.05, 0) is 48.9 Å². The predicted octanol–water partition coefficient (Wildman–Crippen LogP) is 4.88. The van der Waals surface area contributed by atoms with E-state index in [4.69, 9.17) is 0 Å². The van der Waals surface area contributed by atoms with E-state index in [0.29, 0.717) is 6.54 Å². The second-order valence-electron chi connectivity index (χ2n) is 6.40. The lowest BCUT2D eigenvalue weighted by atomic mass is 10.2. The third kappa shape index (κ3) is 3.67. The summed E-state index contributed by atoms with van der Waals surface area (Å²) in [4.78, 5) is 19.2. The van der Waals surface area contributed by atoms with Gasteiger partial charge in [0, 0.05) is 17.6 Å². The molecule has 2 aromatic heterocycles. The number of carbonyl (C=O) groups is 1. The van der Waals surface area contributed by atoms with Gasteiger partial charge in [-0.15, -0.1) is 0 Å². The number of aromatic nitrogens is 2. The molecule has 0 bridgehead atoms. The van der Waals surface area contributed by atoms with Gasteiger partial charge in [0.15, 0.2) is 0 Å². The van der Waals surface area contributed by atoms with E-state index in [-0.39, 0.29) is 6.03 Å². The summed E-state index contributed by atoms with van der Waals surface area (Å²) in [5.74, 6) is 0. The molecule has 0 fully saturated rings. The number of urea groups is 1. The smallest absolute Gasteiger partial charge is 0.308 e. The van der Waals surface area contributed by atoms with Crippen molar-refractivity contribution in [1.82, 2.24) is 9.38 Å². The van der Waals surface area contributed by atoms with Gasteiger partial charge in [-0.2, -0.15) is 0 Å². The van der Waals surface area contributed by atoms with Crippen LogP contribution in [0.25, 0.3) is 5.65 Å². The molecule has 5 nitrogen and oxygen atoms in total. The summed E-state index contributed by atoms with van der Waals surface area (Å²) in [5.41, 5.74) is 4.50. The summed E-state index contributed by atoms with van der Waals surface area (Å²) in [6.45, 7) is 2.41. The molecule has 1 N–H and O–H groups in total. The molecule has 0 atom stereocenters. The van der Waals surface area contributed by atoms with Gasteiger partial charge in [0.2, 0.25) is 0 Å². The zero-order valence-electron chi connectivity index (χ0n) is 15.0. The van der Waals surface area contributed by atoms with Crippen LogP contribution in [0, 0.1) is 6.92 Å². The molecule has 0 aliphatic heterocycles. The molecule has 2 amide bonds. The van der Waals surface area contributed by atoms with E-state index in [2.05, 4.69) is 10.3 Å². The first-order valence-electron chi connectivity index (χ1n) is 8.82. The molecule has 2 heterocycles.